The van der Waals surface area contributed by atoms with Crippen LogP contribution < -0.4 is 0 Å². The Hall–Kier alpha value is -1.27. The van der Waals surface area contributed by atoms with Crippen molar-refractivity contribution in [3.05, 3.63) is 23.5 Å². The van der Waals surface area contributed by atoms with Crippen molar-refractivity contribution in [1.82, 2.24) is 0 Å². The first-order chi connectivity index (χ1) is 10.1. The normalized spacial score (nSPS) is 29.7. The average Bonchev–Trinajstić information content (AvgIpc) is 2.65. The fourth-order valence-electron chi connectivity index (χ4n) is 2.69. The molecular weight excluding hydrogens is 283 g/mol. The Kier molecular flexibility index (Phi) is 4.46. The molecule has 0 N–H and O–H groups in total. The number of carbonyl (C=O) groups is 1. The fourth-order valence-corrected chi connectivity index (χ4v) is 2.69. The molecule has 5 nitrogen and oxygen atoms in total. The van der Waals surface area contributed by atoms with Crippen molar-refractivity contribution in [2.24, 2.45) is 5.92 Å². The summed E-state index contributed by atoms with van der Waals surface area (Å²) < 4.78 is 22.4. The highest BCUT2D eigenvalue weighted by Crippen LogP contribution is 2.44. The van der Waals surface area contributed by atoms with Crippen LogP contribution in [0, 0.1) is 5.92 Å². The van der Waals surface area contributed by atoms with Crippen molar-refractivity contribution in [3.63, 3.8) is 0 Å². The number of hydrogen-bond donors (Lipinski definition) is 0. The van der Waals surface area contributed by atoms with Gasteiger partial charge in [0, 0.05) is 5.82 Å². The summed E-state index contributed by atoms with van der Waals surface area (Å²) in [7, 11) is 2.50. The van der Waals surface area contributed by atoms with Crippen LogP contribution in [0.1, 0.15) is 34.6 Å². The molecule has 1 saturated heterocycles. The number of carbonyl (C=O) groups excluding carboxylic acids is 1. The largest absolute Gasteiger partial charge is 0.496 e. The molecule has 2 rings (SSSR count). The molecule has 0 amide bonds. The molecule has 0 bridgehead atoms. The first kappa shape index (κ1) is 17.1. The van der Waals surface area contributed by atoms with Crippen molar-refractivity contribution < 1.29 is 23.6 Å². The van der Waals surface area contributed by atoms with Gasteiger partial charge >= 0.3 is 13.1 Å². The minimum absolute atomic E-state index is 0.0750. The lowest BCUT2D eigenvalue weighted by Crippen LogP contribution is -2.41. The van der Waals surface area contributed by atoms with Gasteiger partial charge in [-0.25, -0.2) is 4.79 Å². The SMILES string of the molecule is COC(=O)C1=CC(B2OC(C)(C)C(C)(C)O2)C(C)C=C1OC. The van der Waals surface area contributed by atoms with Gasteiger partial charge in [0.05, 0.1) is 31.0 Å². The number of methoxy groups -OCH3 is 2. The maximum Gasteiger partial charge on any atom is 0.465 e. The van der Waals surface area contributed by atoms with E-state index in [9.17, 15) is 4.79 Å². The van der Waals surface area contributed by atoms with Crippen LogP contribution in [0.2, 0.25) is 5.82 Å². The van der Waals surface area contributed by atoms with E-state index in [1.165, 1.54) is 7.11 Å². The van der Waals surface area contributed by atoms with E-state index in [1.54, 1.807) is 7.11 Å². The van der Waals surface area contributed by atoms with E-state index >= 15 is 0 Å². The fraction of sp³-hybridized carbons (Fsp3) is 0.688. The van der Waals surface area contributed by atoms with Crippen molar-refractivity contribution in [2.75, 3.05) is 14.2 Å². The van der Waals surface area contributed by atoms with Crippen molar-refractivity contribution >= 4 is 13.1 Å². The molecule has 0 aromatic rings. The highest BCUT2D eigenvalue weighted by atomic mass is 16.7. The second kappa shape index (κ2) is 5.74. The summed E-state index contributed by atoms with van der Waals surface area (Å²) in [6, 6.07) is 0. The molecule has 1 fully saturated rings. The molecule has 0 saturated carbocycles. The molecule has 2 unspecified atom stereocenters. The molecule has 2 atom stereocenters. The summed E-state index contributed by atoms with van der Waals surface area (Å²) >= 11 is 0. The van der Waals surface area contributed by atoms with Gasteiger partial charge in [-0.1, -0.05) is 13.0 Å². The zero-order chi connectivity index (χ0) is 16.7. The van der Waals surface area contributed by atoms with Crippen LogP contribution in [0.3, 0.4) is 0 Å². The Balaban J connectivity index is 2.31. The van der Waals surface area contributed by atoms with Crippen molar-refractivity contribution in [1.29, 1.82) is 0 Å². The molecule has 6 heteroatoms. The predicted molar refractivity (Wildman–Crippen MR) is 84.2 cm³/mol. The lowest BCUT2D eigenvalue weighted by atomic mass is 9.63. The summed E-state index contributed by atoms with van der Waals surface area (Å²) in [5.41, 5.74) is -0.383. The molecule has 1 aliphatic carbocycles. The Labute approximate surface area is 132 Å². The third kappa shape index (κ3) is 2.82. The maximum atomic E-state index is 12.0. The number of hydrogen-bond acceptors (Lipinski definition) is 5. The third-order valence-electron chi connectivity index (χ3n) is 4.86. The Bertz CT molecular complexity index is 505. The van der Waals surface area contributed by atoms with E-state index in [1.807, 2.05) is 39.8 Å². The van der Waals surface area contributed by atoms with Gasteiger partial charge < -0.3 is 18.8 Å². The zero-order valence-corrected chi connectivity index (χ0v) is 14.4. The van der Waals surface area contributed by atoms with Crippen LogP contribution >= 0.6 is 0 Å². The molecule has 122 valence electrons. The third-order valence-corrected chi connectivity index (χ3v) is 4.86. The average molecular weight is 308 g/mol. The number of esters is 1. The summed E-state index contributed by atoms with van der Waals surface area (Å²) in [4.78, 5) is 12.0. The van der Waals surface area contributed by atoms with E-state index in [0.29, 0.717) is 11.3 Å². The van der Waals surface area contributed by atoms with Gasteiger partial charge in [-0.2, -0.15) is 0 Å². The lowest BCUT2D eigenvalue weighted by Gasteiger charge is -2.32. The first-order valence-corrected chi connectivity index (χ1v) is 7.55. The molecule has 1 aliphatic heterocycles. The summed E-state index contributed by atoms with van der Waals surface area (Å²) in [5.74, 6) is 0.167. The summed E-state index contributed by atoms with van der Waals surface area (Å²) in [6.07, 6.45) is 3.76. The predicted octanol–water partition coefficient (Wildman–Crippen LogP) is 2.73. The topological polar surface area (TPSA) is 54.0 Å². The highest BCUT2D eigenvalue weighted by Gasteiger charge is 2.54. The van der Waals surface area contributed by atoms with Gasteiger partial charge in [0.25, 0.3) is 0 Å². The van der Waals surface area contributed by atoms with E-state index in [0.717, 1.165) is 0 Å². The van der Waals surface area contributed by atoms with E-state index in [2.05, 4.69) is 6.92 Å². The minimum atomic E-state index is -0.415. The Morgan fingerprint density at radius 2 is 1.68 bits per heavy atom. The van der Waals surface area contributed by atoms with Gasteiger partial charge in [0.15, 0.2) is 0 Å². The van der Waals surface area contributed by atoms with Crippen molar-refractivity contribution in [2.45, 2.75) is 51.6 Å². The number of ether oxygens (including phenoxy) is 2. The van der Waals surface area contributed by atoms with Gasteiger partial charge in [-0.15, -0.1) is 0 Å². The molecular formula is C16H25BO5. The second-order valence-corrected chi connectivity index (χ2v) is 6.87. The van der Waals surface area contributed by atoms with Gasteiger partial charge in [0.1, 0.15) is 5.76 Å². The molecule has 22 heavy (non-hydrogen) atoms. The summed E-state index contributed by atoms with van der Waals surface area (Å²) in [5, 5.41) is 0. The maximum absolute atomic E-state index is 12.0. The molecule has 0 aromatic heterocycles. The molecule has 2 aliphatic rings. The molecule has 0 radical (unpaired) electrons. The van der Waals surface area contributed by atoms with E-state index in [4.69, 9.17) is 18.8 Å². The van der Waals surface area contributed by atoms with E-state index < -0.39 is 24.3 Å². The standard InChI is InChI=1S/C16H25BO5/c1-10-8-13(19-6)11(14(18)20-7)9-12(10)17-21-15(2,3)16(4,5)22-17/h8-10,12H,1-7H3. The van der Waals surface area contributed by atoms with Crippen LogP contribution in [0.25, 0.3) is 0 Å². The van der Waals surface area contributed by atoms with Crippen LogP contribution in [-0.2, 0) is 23.6 Å². The monoisotopic (exact) mass is 308 g/mol. The lowest BCUT2D eigenvalue weighted by molar-refractivity contribution is -0.136. The zero-order valence-electron chi connectivity index (χ0n) is 14.4. The van der Waals surface area contributed by atoms with Crippen LogP contribution in [-0.4, -0.2) is 38.5 Å². The van der Waals surface area contributed by atoms with Gasteiger partial charge in [-0.3, -0.25) is 0 Å². The van der Waals surface area contributed by atoms with Gasteiger partial charge in [0.2, 0.25) is 0 Å². The quantitative estimate of drug-likeness (QED) is 0.593. The summed E-state index contributed by atoms with van der Waals surface area (Å²) in [6.45, 7) is 10.1. The van der Waals surface area contributed by atoms with Crippen LogP contribution in [0.5, 0.6) is 0 Å². The Morgan fingerprint density at radius 1 is 1.14 bits per heavy atom. The smallest absolute Gasteiger partial charge is 0.465 e. The van der Waals surface area contributed by atoms with Crippen LogP contribution in [0.4, 0.5) is 0 Å². The van der Waals surface area contributed by atoms with Crippen LogP contribution in [0.15, 0.2) is 23.5 Å². The molecule has 0 spiro atoms. The van der Waals surface area contributed by atoms with E-state index in [-0.39, 0.29) is 11.7 Å². The van der Waals surface area contributed by atoms with Crippen molar-refractivity contribution in [3.8, 4) is 0 Å². The highest BCUT2D eigenvalue weighted by molar-refractivity contribution is 6.48. The number of allylic oxidation sites excluding steroid dienone is 2. The molecule has 0 aromatic carbocycles. The molecule has 1 heterocycles. The first-order valence-electron chi connectivity index (χ1n) is 7.55. The number of rotatable bonds is 3. The minimum Gasteiger partial charge on any atom is -0.496 e. The second-order valence-electron chi connectivity index (χ2n) is 6.87. The Morgan fingerprint density at radius 3 is 2.14 bits per heavy atom. The van der Waals surface area contributed by atoms with Gasteiger partial charge in [-0.05, 0) is 39.7 Å².